The van der Waals surface area contributed by atoms with Crippen molar-refractivity contribution in [2.45, 2.75) is 49.0 Å². The van der Waals surface area contributed by atoms with Crippen LogP contribution in [0.5, 0.6) is 0 Å². The third-order valence-electron chi connectivity index (χ3n) is 4.19. The number of nitrogens with one attached hydrogen (secondary N) is 2. The summed E-state index contributed by atoms with van der Waals surface area (Å²) in [6, 6.07) is 8.68. The van der Waals surface area contributed by atoms with E-state index < -0.39 is 15.6 Å². The van der Waals surface area contributed by atoms with Gasteiger partial charge in [-0.05, 0) is 56.8 Å². The van der Waals surface area contributed by atoms with Crippen molar-refractivity contribution in [2.24, 2.45) is 0 Å². The average molecular weight is 335 g/mol. The Morgan fingerprint density at radius 1 is 1.26 bits per heavy atom. The summed E-state index contributed by atoms with van der Waals surface area (Å²) in [4.78, 5) is 12.2. The first-order valence-corrected chi connectivity index (χ1v) is 9.14. The molecule has 1 amide bonds. The summed E-state index contributed by atoms with van der Waals surface area (Å²) in [5, 5.41) is 12.1. The highest BCUT2D eigenvalue weighted by Gasteiger charge is 2.35. The number of hydrogen-bond acceptors (Lipinski definition) is 4. The molecule has 0 saturated heterocycles. The van der Waals surface area contributed by atoms with E-state index in [0.717, 1.165) is 18.4 Å². The molecule has 2 N–H and O–H groups in total. The van der Waals surface area contributed by atoms with E-state index in [2.05, 4.69) is 16.1 Å². The molecule has 0 atom stereocenters. The summed E-state index contributed by atoms with van der Waals surface area (Å²) in [6.07, 6.45) is 4.15. The maximum atomic E-state index is 12.0. The van der Waals surface area contributed by atoms with Crippen LogP contribution >= 0.6 is 0 Å². The van der Waals surface area contributed by atoms with E-state index in [1.807, 2.05) is 0 Å². The molecule has 0 aromatic heterocycles. The summed E-state index contributed by atoms with van der Waals surface area (Å²) in [6.45, 7) is 0. The van der Waals surface area contributed by atoms with Crippen molar-refractivity contribution in [1.82, 2.24) is 10.0 Å². The number of nitrogens with zero attached hydrogens (tertiary/aromatic N) is 1. The lowest BCUT2D eigenvalue weighted by molar-refractivity contribution is -0.122. The number of benzene rings is 1. The Balaban J connectivity index is 1.91. The van der Waals surface area contributed by atoms with Gasteiger partial charge in [0.25, 0.3) is 0 Å². The van der Waals surface area contributed by atoms with Gasteiger partial charge in [0.2, 0.25) is 15.9 Å². The smallest absolute Gasteiger partial charge is 0.240 e. The minimum atomic E-state index is -3.44. The monoisotopic (exact) mass is 335 g/mol. The minimum absolute atomic E-state index is 0.139. The quantitative estimate of drug-likeness (QED) is 0.822. The molecule has 7 heteroatoms. The number of carbonyl (C=O) groups excluding carboxylic acids is 1. The first kappa shape index (κ1) is 17.4. The van der Waals surface area contributed by atoms with Gasteiger partial charge in [-0.2, -0.15) is 5.26 Å². The first-order valence-electron chi connectivity index (χ1n) is 7.65. The highest BCUT2D eigenvalue weighted by atomic mass is 32.2. The zero-order valence-electron chi connectivity index (χ0n) is 13.1. The van der Waals surface area contributed by atoms with E-state index in [0.29, 0.717) is 19.3 Å². The number of rotatable bonds is 6. The normalized spacial score (nSPS) is 16.7. The second kappa shape index (κ2) is 7.11. The molecule has 6 nitrogen and oxygen atoms in total. The summed E-state index contributed by atoms with van der Waals surface area (Å²) >= 11 is 0. The van der Waals surface area contributed by atoms with Crippen molar-refractivity contribution in [3.05, 3.63) is 29.8 Å². The van der Waals surface area contributed by atoms with Crippen LogP contribution < -0.4 is 10.0 Å². The van der Waals surface area contributed by atoms with E-state index in [1.165, 1.54) is 19.2 Å². The van der Waals surface area contributed by atoms with Crippen LogP contribution in [0.2, 0.25) is 0 Å². The summed E-state index contributed by atoms with van der Waals surface area (Å²) < 4.78 is 25.5. The van der Waals surface area contributed by atoms with Crippen LogP contribution in [-0.2, 0) is 21.2 Å². The Kier molecular flexibility index (Phi) is 5.39. The van der Waals surface area contributed by atoms with Crippen LogP contribution in [0.25, 0.3) is 0 Å². The number of nitriles is 1. The van der Waals surface area contributed by atoms with Gasteiger partial charge >= 0.3 is 0 Å². The van der Waals surface area contributed by atoms with Crippen LogP contribution in [0.1, 0.15) is 37.7 Å². The fourth-order valence-corrected chi connectivity index (χ4v) is 3.51. The van der Waals surface area contributed by atoms with Crippen molar-refractivity contribution in [3.63, 3.8) is 0 Å². The number of hydrogen-bond donors (Lipinski definition) is 2. The highest BCUT2D eigenvalue weighted by molar-refractivity contribution is 7.89. The number of carbonyl (C=O) groups is 1. The van der Waals surface area contributed by atoms with Crippen LogP contribution in [0.4, 0.5) is 0 Å². The SMILES string of the molecule is CNS(=O)(=O)c1ccc(CCC(=O)NC2(C#N)CCCC2)cc1. The maximum Gasteiger partial charge on any atom is 0.240 e. The van der Waals surface area contributed by atoms with Crippen LogP contribution in [0.3, 0.4) is 0 Å². The predicted octanol–water partition coefficient (Wildman–Crippen LogP) is 1.48. The summed E-state index contributed by atoms with van der Waals surface area (Å²) in [5.74, 6) is -0.139. The fraction of sp³-hybridized carbons (Fsp3) is 0.500. The van der Waals surface area contributed by atoms with Gasteiger partial charge in [0.05, 0.1) is 11.0 Å². The summed E-state index contributed by atoms with van der Waals surface area (Å²) in [5.41, 5.74) is 0.189. The first-order chi connectivity index (χ1) is 10.9. The van der Waals surface area contributed by atoms with Gasteiger partial charge in [0, 0.05) is 6.42 Å². The molecule has 1 aromatic carbocycles. The number of sulfonamides is 1. The Bertz CT molecular complexity index is 699. The second-order valence-corrected chi connectivity index (χ2v) is 7.69. The molecule has 0 spiro atoms. The van der Waals surface area contributed by atoms with Gasteiger partial charge < -0.3 is 5.32 Å². The van der Waals surface area contributed by atoms with E-state index in [1.54, 1.807) is 12.1 Å². The van der Waals surface area contributed by atoms with E-state index in [4.69, 9.17) is 0 Å². The van der Waals surface area contributed by atoms with Crippen LogP contribution in [-0.4, -0.2) is 26.9 Å². The van der Waals surface area contributed by atoms with Gasteiger partial charge in [0.15, 0.2) is 0 Å². The standard InChI is InChI=1S/C16H21N3O3S/c1-18-23(21,22)14-7-4-13(5-8-14)6-9-15(20)19-16(12-17)10-2-3-11-16/h4-5,7-8,18H,2-3,6,9-11H2,1H3,(H,19,20). The zero-order chi connectivity index (χ0) is 16.9. The molecule has 0 heterocycles. The number of aryl methyl sites for hydroxylation is 1. The largest absolute Gasteiger partial charge is 0.338 e. The third-order valence-corrected chi connectivity index (χ3v) is 5.62. The summed E-state index contributed by atoms with van der Waals surface area (Å²) in [7, 11) is -2.08. The fourth-order valence-electron chi connectivity index (χ4n) is 2.78. The molecule has 0 aliphatic heterocycles. The zero-order valence-corrected chi connectivity index (χ0v) is 13.9. The van der Waals surface area contributed by atoms with Crippen molar-refractivity contribution < 1.29 is 13.2 Å². The average Bonchev–Trinajstić information content (AvgIpc) is 3.02. The highest BCUT2D eigenvalue weighted by Crippen LogP contribution is 2.29. The molecule has 0 radical (unpaired) electrons. The lowest BCUT2D eigenvalue weighted by Gasteiger charge is -2.21. The van der Waals surface area contributed by atoms with Gasteiger partial charge in [-0.15, -0.1) is 0 Å². The van der Waals surface area contributed by atoms with Gasteiger partial charge in [-0.3, -0.25) is 4.79 Å². The van der Waals surface area contributed by atoms with E-state index >= 15 is 0 Å². The molecule has 124 valence electrons. The Morgan fingerprint density at radius 2 is 1.87 bits per heavy atom. The maximum absolute atomic E-state index is 12.0. The van der Waals surface area contributed by atoms with Gasteiger partial charge in [-0.25, -0.2) is 13.1 Å². The number of amides is 1. The van der Waals surface area contributed by atoms with Crippen molar-refractivity contribution in [1.29, 1.82) is 5.26 Å². The lowest BCUT2D eigenvalue weighted by atomic mass is 9.99. The molecule has 0 unspecified atom stereocenters. The molecule has 1 fully saturated rings. The molecule has 0 bridgehead atoms. The Morgan fingerprint density at radius 3 is 2.39 bits per heavy atom. The molecular weight excluding hydrogens is 314 g/mol. The molecule has 2 rings (SSSR count). The van der Waals surface area contributed by atoms with E-state index in [-0.39, 0.29) is 17.2 Å². The molecule has 1 aliphatic rings. The van der Waals surface area contributed by atoms with Crippen LogP contribution in [0.15, 0.2) is 29.2 Å². The van der Waals surface area contributed by atoms with E-state index in [9.17, 15) is 18.5 Å². The lowest BCUT2D eigenvalue weighted by Crippen LogP contribution is -2.45. The molecule has 1 aliphatic carbocycles. The second-order valence-electron chi connectivity index (χ2n) is 5.80. The molecule has 23 heavy (non-hydrogen) atoms. The van der Waals surface area contributed by atoms with Crippen LogP contribution in [0, 0.1) is 11.3 Å². The molecule has 1 aromatic rings. The van der Waals surface area contributed by atoms with Crippen molar-refractivity contribution >= 4 is 15.9 Å². The third kappa shape index (κ3) is 4.30. The Hall–Kier alpha value is -1.91. The predicted molar refractivity (Wildman–Crippen MR) is 86.0 cm³/mol. The van der Waals surface area contributed by atoms with Gasteiger partial charge in [0.1, 0.15) is 5.54 Å². The Labute approximate surface area is 136 Å². The molecular formula is C16H21N3O3S. The topological polar surface area (TPSA) is 99.1 Å². The van der Waals surface area contributed by atoms with Crippen molar-refractivity contribution in [2.75, 3.05) is 7.05 Å². The van der Waals surface area contributed by atoms with Crippen molar-refractivity contribution in [3.8, 4) is 6.07 Å². The molecule has 1 saturated carbocycles. The minimum Gasteiger partial charge on any atom is -0.338 e. The van der Waals surface area contributed by atoms with Gasteiger partial charge in [-0.1, -0.05) is 12.1 Å².